The van der Waals surface area contributed by atoms with Crippen LogP contribution in [0.3, 0.4) is 0 Å². The van der Waals surface area contributed by atoms with Gasteiger partial charge >= 0.3 is 0 Å². The zero-order valence-electron chi connectivity index (χ0n) is 13.0. The van der Waals surface area contributed by atoms with E-state index in [2.05, 4.69) is 15.5 Å². The van der Waals surface area contributed by atoms with Crippen LogP contribution in [0.4, 0.5) is 0 Å². The van der Waals surface area contributed by atoms with Crippen LogP contribution in [0, 0.1) is 0 Å². The molecule has 2 heterocycles. The van der Waals surface area contributed by atoms with Crippen molar-refractivity contribution in [2.24, 2.45) is 0 Å². The van der Waals surface area contributed by atoms with Crippen molar-refractivity contribution in [3.63, 3.8) is 0 Å². The maximum absolute atomic E-state index is 12.8. The molecule has 0 bridgehead atoms. The van der Waals surface area contributed by atoms with Gasteiger partial charge in [-0.2, -0.15) is 9.40 Å². The fraction of sp³-hybridized carbons (Fsp3) is 0.286. The van der Waals surface area contributed by atoms with E-state index in [1.165, 1.54) is 17.6 Å². The number of halogens is 1. The number of carbonyl (C=O) groups is 1. The van der Waals surface area contributed by atoms with Crippen LogP contribution < -0.4 is 10.8 Å². The molecule has 0 spiro atoms. The molecule has 11 heteroatoms. The molecule has 0 saturated carbocycles. The van der Waals surface area contributed by atoms with Crippen molar-refractivity contribution >= 4 is 28.3 Å². The van der Waals surface area contributed by atoms with E-state index in [0.29, 0.717) is 6.54 Å². The van der Waals surface area contributed by atoms with E-state index in [1.807, 2.05) is 0 Å². The number of hydroxylamine groups is 1. The summed E-state index contributed by atoms with van der Waals surface area (Å²) in [7, 11) is -3.86. The SMILES string of the molecule is Cl.O=C(NO)C1CNCCN1S(=O)(=O)c1ccc(-c2ccn[nH]2)cc1. The van der Waals surface area contributed by atoms with Gasteiger partial charge in [0.25, 0.3) is 5.91 Å². The molecule has 2 aromatic rings. The highest BCUT2D eigenvalue weighted by Crippen LogP contribution is 2.23. The van der Waals surface area contributed by atoms with Crippen LogP contribution in [0.1, 0.15) is 0 Å². The van der Waals surface area contributed by atoms with Gasteiger partial charge in [0.15, 0.2) is 0 Å². The molecule has 1 fully saturated rings. The molecule has 25 heavy (non-hydrogen) atoms. The molecule has 4 N–H and O–H groups in total. The quantitative estimate of drug-likeness (QED) is 0.431. The third-order valence-electron chi connectivity index (χ3n) is 3.88. The molecule has 1 aliphatic heterocycles. The number of piperazine rings is 1. The number of aromatic nitrogens is 2. The summed E-state index contributed by atoms with van der Waals surface area (Å²) in [6, 6.07) is 7.10. The maximum Gasteiger partial charge on any atom is 0.263 e. The van der Waals surface area contributed by atoms with Gasteiger partial charge in [-0.15, -0.1) is 12.4 Å². The van der Waals surface area contributed by atoms with Gasteiger partial charge in [-0.05, 0) is 23.8 Å². The highest BCUT2D eigenvalue weighted by Gasteiger charge is 2.37. The van der Waals surface area contributed by atoms with Crippen LogP contribution in [-0.2, 0) is 14.8 Å². The minimum Gasteiger partial charge on any atom is -0.313 e. The Morgan fingerprint density at radius 3 is 2.60 bits per heavy atom. The Morgan fingerprint density at radius 2 is 2.00 bits per heavy atom. The molecule has 1 unspecified atom stereocenters. The molecular weight excluding hydrogens is 370 g/mol. The van der Waals surface area contributed by atoms with Gasteiger partial charge < -0.3 is 5.32 Å². The predicted octanol–water partition coefficient (Wildman–Crippen LogP) is -0.0336. The van der Waals surface area contributed by atoms with E-state index in [9.17, 15) is 13.2 Å². The zero-order chi connectivity index (χ0) is 17.2. The van der Waals surface area contributed by atoms with E-state index in [0.717, 1.165) is 15.6 Å². The van der Waals surface area contributed by atoms with Crippen LogP contribution in [0.2, 0.25) is 0 Å². The molecule has 3 rings (SSSR count). The summed E-state index contributed by atoms with van der Waals surface area (Å²) in [6.45, 7) is 0.710. The summed E-state index contributed by atoms with van der Waals surface area (Å²) in [5.74, 6) is -0.764. The Balaban J connectivity index is 0.00000225. The van der Waals surface area contributed by atoms with E-state index in [1.54, 1.807) is 24.4 Å². The molecule has 136 valence electrons. The number of amides is 1. The van der Waals surface area contributed by atoms with Crippen molar-refractivity contribution in [1.82, 2.24) is 25.3 Å². The van der Waals surface area contributed by atoms with E-state index < -0.39 is 22.0 Å². The molecule has 9 nitrogen and oxygen atoms in total. The molecular formula is C14H18ClN5O4S. The first-order valence-corrected chi connectivity index (χ1v) is 8.74. The van der Waals surface area contributed by atoms with Gasteiger partial charge in [-0.3, -0.25) is 15.1 Å². The Bertz CT molecular complexity index is 810. The molecule has 0 radical (unpaired) electrons. The number of H-pyrrole nitrogens is 1. The lowest BCUT2D eigenvalue weighted by molar-refractivity contribution is -0.133. The van der Waals surface area contributed by atoms with E-state index in [-0.39, 0.29) is 30.4 Å². The second-order valence-electron chi connectivity index (χ2n) is 5.31. The molecule has 1 aromatic heterocycles. The van der Waals surface area contributed by atoms with Crippen LogP contribution in [0.15, 0.2) is 41.4 Å². The van der Waals surface area contributed by atoms with Crippen molar-refractivity contribution in [1.29, 1.82) is 0 Å². The number of rotatable bonds is 4. The number of hydrogen-bond donors (Lipinski definition) is 4. The fourth-order valence-corrected chi connectivity index (χ4v) is 4.22. The Hall–Kier alpha value is -1.98. The number of benzene rings is 1. The van der Waals surface area contributed by atoms with E-state index in [4.69, 9.17) is 5.21 Å². The van der Waals surface area contributed by atoms with Crippen molar-refractivity contribution in [3.05, 3.63) is 36.5 Å². The Morgan fingerprint density at radius 1 is 1.28 bits per heavy atom. The topological polar surface area (TPSA) is 127 Å². The number of nitrogens with zero attached hydrogens (tertiary/aromatic N) is 2. The van der Waals surface area contributed by atoms with Gasteiger partial charge in [0.2, 0.25) is 10.0 Å². The second-order valence-corrected chi connectivity index (χ2v) is 7.20. The lowest BCUT2D eigenvalue weighted by Gasteiger charge is -2.33. The molecule has 1 aromatic carbocycles. The average Bonchev–Trinajstić information content (AvgIpc) is 3.16. The van der Waals surface area contributed by atoms with Gasteiger partial charge in [0.1, 0.15) is 6.04 Å². The number of sulfonamides is 1. The monoisotopic (exact) mass is 387 g/mol. The predicted molar refractivity (Wildman–Crippen MR) is 91.8 cm³/mol. The fourth-order valence-electron chi connectivity index (χ4n) is 2.63. The molecule has 1 saturated heterocycles. The largest absolute Gasteiger partial charge is 0.313 e. The molecule has 0 aliphatic carbocycles. The van der Waals surface area contributed by atoms with Gasteiger partial charge in [-0.25, -0.2) is 13.9 Å². The first-order valence-electron chi connectivity index (χ1n) is 7.30. The summed E-state index contributed by atoms with van der Waals surface area (Å²) >= 11 is 0. The van der Waals surface area contributed by atoms with Crippen LogP contribution in [-0.4, -0.2) is 59.7 Å². The number of aromatic amines is 1. The van der Waals surface area contributed by atoms with Gasteiger partial charge in [-0.1, -0.05) is 12.1 Å². The van der Waals surface area contributed by atoms with E-state index >= 15 is 0 Å². The summed E-state index contributed by atoms with van der Waals surface area (Å²) in [5.41, 5.74) is 3.10. The standard InChI is InChI=1S/C14H17N5O4S.ClH/c20-14(18-21)13-9-15-7-8-19(13)24(22,23)11-3-1-10(2-4-11)12-5-6-16-17-12;/h1-6,13,15,21H,7-9H2,(H,16,17)(H,18,20);1H. The highest BCUT2D eigenvalue weighted by atomic mass is 35.5. The first kappa shape index (κ1) is 19.3. The van der Waals surface area contributed by atoms with Crippen LogP contribution >= 0.6 is 12.4 Å². The summed E-state index contributed by atoms with van der Waals surface area (Å²) in [5, 5.41) is 18.4. The maximum atomic E-state index is 12.8. The Kier molecular flexibility index (Phi) is 6.14. The lowest BCUT2D eigenvalue weighted by Crippen LogP contribution is -2.59. The van der Waals surface area contributed by atoms with Crippen LogP contribution in [0.25, 0.3) is 11.3 Å². The van der Waals surface area contributed by atoms with Crippen molar-refractivity contribution in [2.45, 2.75) is 10.9 Å². The molecule has 1 aliphatic rings. The third kappa shape index (κ3) is 3.83. The second kappa shape index (κ2) is 7.93. The highest BCUT2D eigenvalue weighted by molar-refractivity contribution is 7.89. The smallest absolute Gasteiger partial charge is 0.263 e. The van der Waals surface area contributed by atoms with Gasteiger partial charge in [0.05, 0.1) is 10.6 Å². The number of nitrogens with one attached hydrogen (secondary N) is 3. The average molecular weight is 388 g/mol. The summed E-state index contributed by atoms with van der Waals surface area (Å²) < 4.78 is 26.8. The lowest BCUT2D eigenvalue weighted by atomic mass is 10.2. The Labute approximate surface area is 150 Å². The van der Waals surface area contributed by atoms with Crippen molar-refractivity contribution < 1.29 is 18.4 Å². The normalized spacial score (nSPS) is 18.4. The molecule has 1 atom stereocenters. The van der Waals surface area contributed by atoms with Crippen molar-refractivity contribution in [3.8, 4) is 11.3 Å². The number of hydrogen-bond acceptors (Lipinski definition) is 6. The van der Waals surface area contributed by atoms with Gasteiger partial charge in [0, 0.05) is 25.8 Å². The minimum absolute atomic E-state index is 0. The molecule has 1 amide bonds. The minimum atomic E-state index is -3.86. The third-order valence-corrected chi connectivity index (χ3v) is 5.80. The summed E-state index contributed by atoms with van der Waals surface area (Å²) in [6.07, 6.45) is 1.61. The van der Waals surface area contributed by atoms with Crippen LogP contribution in [0.5, 0.6) is 0 Å². The zero-order valence-corrected chi connectivity index (χ0v) is 14.7. The summed E-state index contributed by atoms with van der Waals surface area (Å²) in [4.78, 5) is 11.8. The van der Waals surface area contributed by atoms with Crippen molar-refractivity contribution in [2.75, 3.05) is 19.6 Å². The number of carbonyl (C=O) groups excluding carboxylic acids is 1. The first-order chi connectivity index (χ1) is 11.5.